The van der Waals surface area contributed by atoms with Crippen molar-refractivity contribution >= 4 is 29.2 Å². The number of carbonyl (C=O) groups is 1. The molecule has 0 saturated heterocycles. The Morgan fingerprint density at radius 3 is 2.74 bits per heavy atom. The highest BCUT2D eigenvalue weighted by molar-refractivity contribution is 6.35. The molecule has 2 aromatic carbocycles. The Hall–Kier alpha value is -2.18. The van der Waals surface area contributed by atoms with Crippen LogP contribution in [0.5, 0.6) is 11.5 Å². The summed E-state index contributed by atoms with van der Waals surface area (Å²) in [6.07, 6.45) is -0.289. The Balaban J connectivity index is 1.59. The van der Waals surface area contributed by atoms with Crippen LogP contribution in [0.2, 0.25) is 10.0 Å². The predicted molar refractivity (Wildman–Crippen MR) is 102 cm³/mol. The number of nitrogens with zero attached hydrogens (tertiary/aromatic N) is 1. The van der Waals surface area contributed by atoms with E-state index in [2.05, 4.69) is 5.32 Å². The van der Waals surface area contributed by atoms with Gasteiger partial charge in [-0.25, -0.2) is 9.18 Å². The van der Waals surface area contributed by atoms with Crippen LogP contribution < -0.4 is 14.8 Å². The lowest BCUT2D eigenvalue weighted by atomic mass is 10.1. The molecule has 1 aliphatic heterocycles. The lowest BCUT2D eigenvalue weighted by molar-refractivity contribution is 0.0713. The Morgan fingerprint density at radius 1 is 1.30 bits per heavy atom. The second kappa shape index (κ2) is 8.23. The molecule has 0 spiro atoms. The van der Waals surface area contributed by atoms with E-state index in [0.29, 0.717) is 30.2 Å². The van der Waals surface area contributed by atoms with Crippen LogP contribution in [0.15, 0.2) is 36.4 Å². The summed E-state index contributed by atoms with van der Waals surface area (Å²) in [5.74, 6) is 0.755. The van der Waals surface area contributed by atoms with E-state index in [1.54, 1.807) is 14.0 Å². The average Bonchev–Trinajstić information content (AvgIpc) is 2.64. The van der Waals surface area contributed by atoms with Gasteiger partial charge in [0, 0.05) is 12.1 Å². The fourth-order valence-corrected chi connectivity index (χ4v) is 3.33. The molecule has 0 aliphatic carbocycles. The third-order valence-electron chi connectivity index (χ3n) is 4.24. The van der Waals surface area contributed by atoms with Crippen molar-refractivity contribution in [3.8, 4) is 11.5 Å². The number of halogens is 3. The average molecular weight is 413 g/mol. The number of hydrogen-bond acceptors (Lipinski definition) is 3. The molecule has 2 unspecified atom stereocenters. The summed E-state index contributed by atoms with van der Waals surface area (Å²) in [5, 5.41) is 3.02. The lowest BCUT2D eigenvalue weighted by Gasteiger charge is -2.30. The molecule has 0 saturated carbocycles. The van der Waals surface area contributed by atoms with Crippen molar-refractivity contribution in [2.45, 2.75) is 19.1 Å². The number of fused-ring (bicyclic) bond motifs is 1. The molecule has 0 bridgehead atoms. The molecule has 5 nitrogen and oxygen atoms in total. The van der Waals surface area contributed by atoms with Gasteiger partial charge in [-0.2, -0.15) is 0 Å². The Morgan fingerprint density at radius 2 is 2.00 bits per heavy atom. The molecule has 3 rings (SSSR count). The number of nitrogens with one attached hydrogen (secondary N) is 1. The van der Waals surface area contributed by atoms with Crippen molar-refractivity contribution < 1.29 is 18.7 Å². The van der Waals surface area contributed by atoms with E-state index in [9.17, 15) is 9.18 Å². The van der Waals surface area contributed by atoms with Gasteiger partial charge in [-0.15, -0.1) is 0 Å². The largest absolute Gasteiger partial charge is 0.486 e. The number of rotatable bonds is 4. The summed E-state index contributed by atoms with van der Waals surface area (Å²) < 4.78 is 25.2. The topological polar surface area (TPSA) is 50.8 Å². The number of ether oxygens (including phenoxy) is 2. The Bertz CT molecular complexity index is 850. The molecule has 2 amide bonds. The number of likely N-dealkylation sites (N-methyl/N-ethyl adjacent to an activating group) is 1. The smallest absolute Gasteiger partial charge is 0.317 e. The molecule has 144 valence electrons. The number of para-hydroxylation sites is 2. The second-order valence-electron chi connectivity index (χ2n) is 6.34. The van der Waals surface area contributed by atoms with Gasteiger partial charge in [0.2, 0.25) is 0 Å². The van der Waals surface area contributed by atoms with Crippen molar-refractivity contribution in [2.24, 2.45) is 0 Å². The van der Waals surface area contributed by atoms with Gasteiger partial charge in [0.25, 0.3) is 0 Å². The van der Waals surface area contributed by atoms with Crippen LogP contribution in [-0.2, 0) is 0 Å². The van der Waals surface area contributed by atoms with E-state index in [0.717, 1.165) is 0 Å². The van der Waals surface area contributed by atoms with Crippen LogP contribution in [0, 0.1) is 5.82 Å². The van der Waals surface area contributed by atoms with Gasteiger partial charge < -0.3 is 19.7 Å². The minimum Gasteiger partial charge on any atom is -0.486 e. The second-order valence-corrected chi connectivity index (χ2v) is 7.15. The summed E-state index contributed by atoms with van der Waals surface area (Å²) in [5.41, 5.74) is 0.450. The van der Waals surface area contributed by atoms with Gasteiger partial charge in [0.05, 0.1) is 17.6 Å². The monoisotopic (exact) mass is 412 g/mol. The van der Waals surface area contributed by atoms with Crippen LogP contribution in [0.4, 0.5) is 9.18 Å². The van der Waals surface area contributed by atoms with Crippen LogP contribution in [0.3, 0.4) is 0 Å². The Labute approximate surface area is 167 Å². The van der Waals surface area contributed by atoms with Gasteiger partial charge >= 0.3 is 6.03 Å². The van der Waals surface area contributed by atoms with E-state index < -0.39 is 11.9 Å². The van der Waals surface area contributed by atoms with Crippen LogP contribution in [0.25, 0.3) is 0 Å². The SMILES string of the molecule is CC(NC(=O)N(C)CC1COc2ccccc2O1)c1cc(F)c(Cl)cc1Cl. The highest BCUT2D eigenvalue weighted by Gasteiger charge is 2.24. The quantitative estimate of drug-likeness (QED) is 0.741. The molecule has 0 aromatic heterocycles. The fraction of sp³-hybridized carbons (Fsp3) is 0.316. The zero-order valence-electron chi connectivity index (χ0n) is 14.8. The number of amides is 2. The lowest BCUT2D eigenvalue weighted by Crippen LogP contribution is -2.46. The summed E-state index contributed by atoms with van der Waals surface area (Å²) in [6, 6.07) is 9.10. The molecule has 2 atom stereocenters. The van der Waals surface area contributed by atoms with Crippen molar-refractivity contribution in [3.63, 3.8) is 0 Å². The zero-order chi connectivity index (χ0) is 19.6. The maximum absolute atomic E-state index is 13.7. The number of hydrogen-bond donors (Lipinski definition) is 1. The highest BCUT2D eigenvalue weighted by atomic mass is 35.5. The first-order chi connectivity index (χ1) is 12.8. The maximum Gasteiger partial charge on any atom is 0.317 e. The molecule has 27 heavy (non-hydrogen) atoms. The van der Waals surface area contributed by atoms with Crippen molar-refractivity contribution in [1.29, 1.82) is 0 Å². The maximum atomic E-state index is 13.7. The van der Waals surface area contributed by atoms with Gasteiger partial charge in [0.1, 0.15) is 12.4 Å². The van der Waals surface area contributed by atoms with Gasteiger partial charge in [0.15, 0.2) is 17.6 Å². The van der Waals surface area contributed by atoms with E-state index in [1.165, 1.54) is 17.0 Å². The molecule has 2 aromatic rings. The normalized spacial score (nSPS) is 16.6. The molecule has 1 aliphatic rings. The van der Waals surface area contributed by atoms with E-state index >= 15 is 0 Å². The molecular formula is C19H19Cl2FN2O3. The molecule has 1 N–H and O–H groups in total. The van der Waals surface area contributed by atoms with Crippen LogP contribution in [-0.4, -0.2) is 37.2 Å². The van der Waals surface area contributed by atoms with Crippen molar-refractivity contribution in [1.82, 2.24) is 10.2 Å². The summed E-state index contributed by atoms with van der Waals surface area (Å²) >= 11 is 11.8. The van der Waals surface area contributed by atoms with Crippen LogP contribution >= 0.6 is 23.2 Å². The Kier molecular flexibility index (Phi) is 5.97. The van der Waals surface area contributed by atoms with E-state index in [-0.39, 0.29) is 22.2 Å². The first-order valence-electron chi connectivity index (χ1n) is 8.39. The van der Waals surface area contributed by atoms with E-state index in [1.807, 2.05) is 24.3 Å². The summed E-state index contributed by atoms with van der Waals surface area (Å²) in [4.78, 5) is 13.9. The van der Waals surface area contributed by atoms with Crippen molar-refractivity contribution in [2.75, 3.05) is 20.2 Å². The van der Waals surface area contributed by atoms with Crippen molar-refractivity contribution in [3.05, 3.63) is 57.8 Å². The first-order valence-corrected chi connectivity index (χ1v) is 9.15. The summed E-state index contributed by atoms with van der Waals surface area (Å²) in [6.45, 7) is 2.39. The van der Waals surface area contributed by atoms with Gasteiger partial charge in [-0.1, -0.05) is 35.3 Å². The number of benzene rings is 2. The first kappa shape index (κ1) is 19.6. The zero-order valence-corrected chi connectivity index (χ0v) is 16.4. The molecule has 1 heterocycles. The summed E-state index contributed by atoms with van der Waals surface area (Å²) in [7, 11) is 1.65. The fourth-order valence-electron chi connectivity index (χ4n) is 2.78. The number of carbonyl (C=O) groups excluding carboxylic acids is 1. The molecule has 8 heteroatoms. The minimum atomic E-state index is -0.586. The highest BCUT2D eigenvalue weighted by Crippen LogP contribution is 2.31. The minimum absolute atomic E-state index is 0.0610. The molecule has 0 radical (unpaired) electrons. The predicted octanol–water partition coefficient (Wildman–Crippen LogP) is 4.67. The van der Waals surface area contributed by atoms with Gasteiger partial charge in [-0.05, 0) is 36.8 Å². The number of urea groups is 1. The van der Waals surface area contributed by atoms with Crippen LogP contribution in [0.1, 0.15) is 18.5 Å². The third kappa shape index (κ3) is 4.57. The standard InChI is InChI=1S/C19H19Cl2FN2O3/c1-11(13-7-16(22)15(21)8-14(13)20)23-19(25)24(2)9-12-10-26-17-5-3-4-6-18(17)27-12/h3-8,11-12H,9-10H2,1-2H3,(H,23,25). The van der Waals surface area contributed by atoms with E-state index in [4.69, 9.17) is 32.7 Å². The molecule has 0 fully saturated rings. The molecular weight excluding hydrogens is 394 g/mol. The van der Waals surface area contributed by atoms with Gasteiger partial charge in [-0.3, -0.25) is 0 Å². The third-order valence-corrected chi connectivity index (χ3v) is 4.85.